The van der Waals surface area contributed by atoms with Crippen molar-refractivity contribution in [3.63, 3.8) is 0 Å². The highest BCUT2D eigenvalue weighted by molar-refractivity contribution is 6.11. The maximum absolute atomic E-state index is 12.7. The second kappa shape index (κ2) is 4.78. The average Bonchev–Trinajstić information content (AvgIpc) is 2.26. The highest BCUT2D eigenvalue weighted by atomic mass is 19.1. The molecular formula is C14H17FO2. The van der Waals surface area contributed by atoms with Crippen LogP contribution in [0.5, 0.6) is 0 Å². The van der Waals surface area contributed by atoms with Gasteiger partial charge in [0.1, 0.15) is 11.6 Å². The van der Waals surface area contributed by atoms with Crippen LogP contribution in [0.1, 0.15) is 38.1 Å². The van der Waals surface area contributed by atoms with Gasteiger partial charge in [0.05, 0.1) is 5.92 Å². The summed E-state index contributed by atoms with van der Waals surface area (Å²) in [7, 11) is 0. The van der Waals surface area contributed by atoms with Crippen LogP contribution in [0.15, 0.2) is 24.3 Å². The second-order valence-corrected chi connectivity index (χ2v) is 5.21. The van der Waals surface area contributed by atoms with Gasteiger partial charge in [0.25, 0.3) is 0 Å². The number of Topliss-reactive ketones (excluding diaryl/α,β-unsaturated/α-hetero) is 2. The van der Waals surface area contributed by atoms with Crippen molar-refractivity contribution in [2.24, 2.45) is 11.3 Å². The van der Waals surface area contributed by atoms with Crippen LogP contribution in [0, 0.1) is 17.2 Å². The Kier molecular flexibility index (Phi) is 3.81. The molecule has 0 aliphatic rings. The predicted molar refractivity (Wildman–Crippen MR) is 64.4 cm³/mol. The molecule has 1 aromatic rings. The molecule has 0 bridgehead atoms. The maximum atomic E-state index is 12.7. The first-order valence-electron chi connectivity index (χ1n) is 5.57. The molecule has 0 saturated carbocycles. The summed E-state index contributed by atoms with van der Waals surface area (Å²) in [5, 5.41) is 0. The number of ketones is 2. The minimum Gasteiger partial charge on any atom is -0.298 e. The number of halogens is 1. The van der Waals surface area contributed by atoms with Crippen molar-refractivity contribution in [3.8, 4) is 0 Å². The Balaban J connectivity index is 2.91. The van der Waals surface area contributed by atoms with Crippen LogP contribution in [0.25, 0.3) is 0 Å². The van der Waals surface area contributed by atoms with Crippen molar-refractivity contribution in [1.29, 1.82) is 0 Å². The fourth-order valence-corrected chi connectivity index (χ4v) is 1.63. The Morgan fingerprint density at radius 1 is 1.12 bits per heavy atom. The van der Waals surface area contributed by atoms with E-state index in [0.29, 0.717) is 5.56 Å². The van der Waals surface area contributed by atoms with Crippen LogP contribution in [-0.2, 0) is 4.79 Å². The molecule has 0 aliphatic carbocycles. The zero-order chi connectivity index (χ0) is 13.2. The molecule has 1 aromatic carbocycles. The topological polar surface area (TPSA) is 34.1 Å². The highest BCUT2D eigenvalue weighted by Crippen LogP contribution is 2.22. The van der Waals surface area contributed by atoms with Gasteiger partial charge < -0.3 is 0 Å². The minimum atomic E-state index is -0.694. The molecule has 0 N–H and O–H groups in total. The van der Waals surface area contributed by atoms with Crippen molar-refractivity contribution >= 4 is 11.6 Å². The first-order chi connectivity index (χ1) is 7.73. The third kappa shape index (κ3) is 3.22. The molecule has 0 spiro atoms. The van der Waals surface area contributed by atoms with Crippen LogP contribution in [0.4, 0.5) is 4.39 Å². The van der Waals surface area contributed by atoms with Crippen molar-refractivity contribution in [2.45, 2.75) is 27.7 Å². The molecule has 0 heterocycles. The van der Waals surface area contributed by atoms with Crippen LogP contribution < -0.4 is 0 Å². The standard InChI is InChI=1S/C14H17FO2/c1-9(13(17)14(2,3)4)12(16)10-5-7-11(15)8-6-10/h5-9H,1-4H3. The molecule has 1 atom stereocenters. The molecule has 92 valence electrons. The summed E-state index contributed by atoms with van der Waals surface area (Å²) < 4.78 is 12.7. The highest BCUT2D eigenvalue weighted by Gasteiger charge is 2.31. The van der Waals surface area contributed by atoms with Crippen molar-refractivity contribution < 1.29 is 14.0 Å². The van der Waals surface area contributed by atoms with Gasteiger partial charge >= 0.3 is 0 Å². The number of hydrogen-bond donors (Lipinski definition) is 0. The van der Waals surface area contributed by atoms with Gasteiger partial charge in [-0.1, -0.05) is 20.8 Å². The first-order valence-corrected chi connectivity index (χ1v) is 5.57. The molecule has 0 radical (unpaired) electrons. The molecule has 1 rings (SSSR count). The lowest BCUT2D eigenvalue weighted by molar-refractivity contribution is -0.128. The van der Waals surface area contributed by atoms with Gasteiger partial charge in [0, 0.05) is 11.0 Å². The van der Waals surface area contributed by atoms with Crippen LogP contribution in [0.2, 0.25) is 0 Å². The Morgan fingerprint density at radius 2 is 1.59 bits per heavy atom. The molecule has 1 unspecified atom stereocenters. The SMILES string of the molecule is CC(C(=O)c1ccc(F)cc1)C(=O)C(C)(C)C. The number of benzene rings is 1. The normalized spacial score (nSPS) is 13.2. The Morgan fingerprint density at radius 3 is 2.00 bits per heavy atom. The lowest BCUT2D eigenvalue weighted by Crippen LogP contribution is -2.31. The Bertz CT molecular complexity index is 427. The van der Waals surface area contributed by atoms with E-state index in [2.05, 4.69) is 0 Å². The van der Waals surface area contributed by atoms with Crippen LogP contribution in [-0.4, -0.2) is 11.6 Å². The lowest BCUT2D eigenvalue weighted by Gasteiger charge is -2.20. The average molecular weight is 236 g/mol. The molecule has 0 fully saturated rings. The Hall–Kier alpha value is -1.51. The van der Waals surface area contributed by atoms with Gasteiger partial charge in [-0.2, -0.15) is 0 Å². The number of rotatable bonds is 3. The van der Waals surface area contributed by atoms with Gasteiger partial charge in [-0.05, 0) is 31.2 Å². The van der Waals surface area contributed by atoms with Gasteiger partial charge in [-0.3, -0.25) is 9.59 Å². The summed E-state index contributed by atoms with van der Waals surface area (Å²) in [4.78, 5) is 24.0. The fourth-order valence-electron chi connectivity index (χ4n) is 1.63. The van der Waals surface area contributed by atoms with E-state index >= 15 is 0 Å². The van der Waals surface area contributed by atoms with Gasteiger partial charge in [0.2, 0.25) is 0 Å². The molecule has 0 aromatic heterocycles. The van der Waals surface area contributed by atoms with Crippen LogP contribution >= 0.6 is 0 Å². The van der Waals surface area contributed by atoms with Crippen molar-refractivity contribution in [1.82, 2.24) is 0 Å². The third-order valence-corrected chi connectivity index (χ3v) is 2.65. The summed E-state index contributed by atoms with van der Waals surface area (Å²) in [5.41, 5.74) is -0.175. The molecule has 0 aliphatic heterocycles. The molecule has 0 amide bonds. The minimum absolute atomic E-state index is 0.105. The molecule has 17 heavy (non-hydrogen) atoms. The monoisotopic (exact) mass is 236 g/mol. The quantitative estimate of drug-likeness (QED) is 0.596. The van der Waals surface area contributed by atoms with E-state index in [0.717, 1.165) is 0 Å². The van der Waals surface area contributed by atoms with Gasteiger partial charge in [-0.15, -0.1) is 0 Å². The smallest absolute Gasteiger partial charge is 0.173 e. The first kappa shape index (κ1) is 13.6. The van der Waals surface area contributed by atoms with E-state index in [-0.39, 0.29) is 11.6 Å². The Labute approximate surface area is 101 Å². The van der Waals surface area contributed by atoms with E-state index < -0.39 is 17.2 Å². The molecule has 2 nitrogen and oxygen atoms in total. The van der Waals surface area contributed by atoms with Crippen LogP contribution in [0.3, 0.4) is 0 Å². The van der Waals surface area contributed by atoms with Crippen molar-refractivity contribution in [3.05, 3.63) is 35.6 Å². The number of hydrogen-bond acceptors (Lipinski definition) is 2. The summed E-state index contributed by atoms with van der Waals surface area (Å²) in [6.45, 7) is 6.94. The maximum Gasteiger partial charge on any atom is 0.173 e. The number of carbonyl (C=O) groups is 2. The largest absolute Gasteiger partial charge is 0.298 e. The predicted octanol–water partition coefficient (Wildman–Crippen LogP) is 3.26. The zero-order valence-corrected chi connectivity index (χ0v) is 10.6. The molecule has 3 heteroatoms. The molecule has 0 saturated heterocycles. The van der Waals surface area contributed by atoms with E-state index in [4.69, 9.17) is 0 Å². The van der Waals surface area contributed by atoms with E-state index in [1.54, 1.807) is 27.7 Å². The van der Waals surface area contributed by atoms with E-state index in [1.807, 2.05) is 0 Å². The van der Waals surface area contributed by atoms with Crippen molar-refractivity contribution in [2.75, 3.05) is 0 Å². The lowest BCUT2D eigenvalue weighted by atomic mass is 9.81. The summed E-state index contributed by atoms with van der Waals surface area (Å²) in [6, 6.07) is 5.26. The van der Waals surface area contributed by atoms with E-state index in [9.17, 15) is 14.0 Å². The third-order valence-electron chi connectivity index (χ3n) is 2.65. The number of carbonyl (C=O) groups excluding carboxylic acids is 2. The van der Waals surface area contributed by atoms with E-state index in [1.165, 1.54) is 24.3 Å². The van der Waals surface area contributed by atoms with Gasteiger partial charge in [0.15, 0.2) is 5.78 Å². The summed E-state index contributed by atoms with van der Waals surface area (Å²) >= 11 is 0. The fraction of sp³-hybridized carbons (Fsp3) is 0.429. The zero-order valence-electron chi connectivity index (χ0n) is 10.6. The second-order valence-electron chi connectivity index (χ2n) is 5.21. The summed E-state index contributed by atoms with van der Waals surface area (Å²) in [6.07, 6.45) is 0. The summed E-state index contributed by atoms with van der Waals surface area (Å²) in [5.74, 6) is -1.45. The molecular weight excluding hydrogens is 219 g/mol. The van der Waals surface area contributed by atoms with Gasteiger partial charge in [-0.25, -0.2) is 4.39 Å².